The zero-order valence-electron chi connectivity index (χ0n) is 18.8. The molecule has 0 radical (unpaired) electrons. The summed E-state index contributed by atoms with van der Waals surface area (Å²) in [5, 5.41) is 4.06. The van der Waals surface area contributed by atoms with Crippen LogP contribution in [-0.2, 0) is 22.4 Å². The minimum atomic E-state index is -0.376. The largest absolute Gasteiger partial charge is 0.483 e. The van der Waals surface area contributed by atoms with Crippen LogP contribution in [0.5, 0.6) is 5.75 Å². The fraction of sp³-hybridized carbons (Fsp3) is 0.500. The van der Waals surface area contributed by atoms with Gasteiger partial charge in [-0.05, 0) is 73.8 Å². The first-order valence-corrected chi connectivity index (χ1v) is 11.8. The van der Waals surface area contributed by atoms with Gasteiger partial charge in [-0.3, -0.25) is 4.79 Å². The molecule has 0 saturated carbocycles. The fourth-order valence-electron chi connectivity index (χ4n) is 3.91. The van der Waals surface area contributed by atoms with Gasteiger partial charge in [0.1, 0.15) is 10.8 Å². The highest BCUT2D eigenvalue weighted by Gasteiger charge is 2.34. The topological polar surface area (TPSA) is 64.6 Å². The summed E-state index contributed by atoms with van der Waals surface area (Å²) in [5.41, 5.74) is 2.57. The Hall–Kier alpha value is -2.05. The molecule has 5 nitrogen and oxygen atoms in total. The molecule has 0 aliphatic heterocycles. The first-order valence-electron chi connectivity index (χ1n) is 10.6. The molecule has 31 heavy (non-hydrogen) atoms. The molecule has 1 aromatic heterocycles. The van der Waals surface area contributed by atoms with Crippen molar-refractivity contribution in [2.75, 3.05) is 18.5 Å². The van der Waals surface area contributed by atoms with Crippen LogP contribution in [0.2, 0.25) is 5.02 Å². The molecule has 0 spiro atoms. The van der Waals surface area contributed by atoms with E-state index in [2.05, 4.69) is 26.1 Å². The second kappa shape index (κ2) is 9.61. The van der Waals surface area contributed by atoms with Gasteiger partial charge in [-0.1, -0.05) is 32.4 Å². The number of hydrogen-bond donors (Lipinski definition) is 1. The average Bonchev–Trinajstić information content (AvgIpc) is 3.03. The quantitative estimate of drug-likeness (QED) is 0.529. The molecule has 1 N–H and O–H groups in total. The number of benzene rings is 1. The van der Waals surface area contributed by atoms with Crippen molar-refractivity contribution in [1.29, 1.82) is 0 Å². The number of esters is 1. The van der Waals surface area contributed by atoms with Crippen molar-refractivity contribution in [3.8, 4) is 5.75 Å². The second-order valence-electron chi connectivity index (χ2n) is 8.98. The molecule has 0 saturated heterocycles. The van der Waals surface area contributed by atoms with Gasteiger partial charge in [-0.15, -0.1) is 11.3 Å². The van der Waals surface area contributed by atoms with Crippen LogP contribution < -0.4 is 10.1 Å². The molecule has 1 aromatic carbocycles. The Morgan fingerprint density at radius 2 is 2.03 bits per heavy atom. The van der Waals surface area contributed by atoms with Crippen molar-refractivity contribution >= 4 is 39.8 Å². The molecule has 1 aliphatic rings. The van der Waals surface area contributed by atoms with Gasteiger partial charge in [0.2, 0.25) is 0 Å². The summed E-state index contributed by atoms with van der Waals surface area (Å²) in [6.45, 7) is 10.5. The second-order valence-corrected chi connectivity index (χ2v) is 10.5. The summed E-state index contributed by atoms with van der Waals surface area (Å²) in [7, 11) is 0. The summed E-state index contributed by atoms with van der Waals surface area (Å²) in [6.07, 6.45) is 2.75. The summed E-state index contributed by atoms with van der Waals surface area (Å²) in [4.78, 5) is 26.5. The van der Waals surface area contributed by atoms with E-state index in [9.17, 15) is 9.59 Å². The monoisotopic (exact) mass is 463 g/mol. The van der Waals surface area contributed by atoms with E-state index in [1.54, 1.807) is 25.1 Å². The minimum Gasteiger partial charge on any atom is -0.483 e. The Kier molecular flexibility index (Phi) is 7.32. The highest BCUT2D eigenvalue weighted by atomic mass is 35.5. The smallest absolute Gasteiger partial charge is 0.341 e. The Labute approximate surface area is 193 Å². The van der Waals surface area contributed by atoms with E-state index in [-0.39, 0.29) is 23.9 Å². The molecular formula is C24H30ClNO4S. The third kappa shape index (κ3) is 5.60. The predicted octanol–water partition coefficient (Wildman–Crippen LogP) is 6.06. The Morgan fingerprint density at radius 3 is 2.68 bits per heavy atom. The number of aryl methyl sites for hydroxylation is 1. The number of halogens is 1. The third-order valence-corrected chi connectivity index (χ3v) is 7.12. The van der Waals surface area contributed by atoms with E-state index < -0.39 is 0 Å². The van der Waals surface area contributed by atoms with Crippen LogP contribution in [0.25, 0.3) is 0 Å². The van der Waals surface area contributed by atoms with E-state index >= 15 is 0 Å². The standard InChI is InChI=1S/C24H30ClNO4S/c1-6-29-23(28)21-17-9-7-15(24(3,4)5)12-19(17)31-22(21)26-20(27)13-30-18-10-8-16(25)11-14(18)2/h8,10-11,15H,6-7,9,12-13H2,1-5H3,(H,26,27). The van der Waals surface area contributed by atoms with Crippen LogP contribution in [0.3, 0.4) is 0 Å². The highest BCUT2D eigenvalue weighted by Crippen LogP contribution is 2.44. The van der Waals surface area contributed by atoms with Crippen molar-refractivity contribution in [2.24, 2.45) is 11.3 Å². The maximum absolute atomic E-state index is 12.7. The first-order chi connectivity index (χ1) is 14.6. The third-order valence-electron chi connectivity index (χ3n) is 5.72. The molecule has 168 valence electrons. The summed E-state index contributed by atoms with van der Waals surface area (Å²) in [6, 6.07) is 5.25. The highest BCUT2D eigenvalue weighted by molar-refractivity contribution is 7.17. The summed E-state index contributed by atoms with van der Waals surface area (Å²) < 4.78 is 11.0. The lowest BCUT2D eigenvalue weighted by Crippen LogP contribution is -2.26. The molecule has 0 bridgehead atoms. The number of ether oxygens (including phenoxy) is 2. The van der Waals surface area contributed by atoms with Crippen molar-refractivity contribution in [3.05, 3.63) is 44.8 Å². The van der Waals surface area contributed by atoms with Crippen LogP contribution in [0.1, 0.15) is 60.5 Å². The first kappa shape index (κ1) is 23.6. The van der Waals surface area contributed by atoms with E-state index in [1.165, 1.54) is 16.2 Å². The Bertz CT molecular complexity index is 977. The number of fused-ring (bicyclic) bond motifs is 1. The van der Waals surface area contributed by atoms with Crippen LogP contribution in [0.15, 0.2) is 18.2 Å². The lowest BCUT2D eigenvalue weighted by atomic mass is 9.72. The molecular weight excluding hydrogens is 434 g/mol. The normalized spacial score (nSPS) is 15.9. The van der Waals surface area contributed by atoms with Crippen molar-refractivity contribution < 1.29 is 19.1 Å². The minimum absolute atomic E-state index is 0.155. The van der Waals surface area contributed by atoms with Gasteiger partial charge in [0, 0.05) is 9.90 Å². The lowest BCUT2D eigenvalue weighted by molar-refractivity contribution is -0.118. The summed E-state index contributed by atoms with van der Waals surface area (Å²) in [5.74, 6) is 0.446. The molecule has 7 heteroatoms. The SMILES string of the molecule is CCOC(=O)c1c(NC(=O)COc2ccc(Cl)cc2C)sc2c1CCC(C(C)(C)C)C2. The number of anilines is 1. The van der Waals surface area contributed by atoms with Crippen LogP contribution >= 0.6 is 22.9 Å². The van der Waals surface area contributed by atoms with E-state index in [0.29, 0.717) is 33.9 Å². The zero-order valence-corrected chi connectivity index (χ0v) is 20.3. The van der Waals surface area contributed by atoms with Crippen LogP contribution in [0, 0.1) is 18.3 Å². The van der Waals surface area contributed by atoms with E-state index in [4.69, 9.17) is 21.1 Å². The van der Waals surface area contributed by atoms with Gasteiger partial charge in [-0.2, -0.15) is 0 Å². The van der Waals surface area contributed by atoms with Crippen molar-refractivity contribution in [2.45, 2.75) is 53.9 Å². The van der Waals surface area contributed by atoms with Crippen LogP contribution in [0.4, 0.5) is 5.00 Å². The number of hydrogen-bond acceptors (Lipinski definition) is 5. The van der Waals surface area contributed by atoms with Crippen LogP contribution in [-0.4, -0.2) is 25.1 Å². The molecule has 1 aliphatic carbocycles. The Morgan fingerprint density at radius 1 is 1.29 bits per heavy atom. The molecule has 1 atom stereocenters. The predicted molar refractivity (Wildman–Crippen MR) is 126 cm³/mol. The number of nitrogens with one attached hydrogen (secondary N) is 1. The maximum atomic E-state index is 12.7. The Balaban J connectivity index is 1.78. The van der Waals surface area contributed by atoms with Gasteiger partial charge in [0.05, 0.1) is 12.2 Å². The number of carbonyl (C=O) groups excluding carboxylic acids is 2. The van der Waals surface area contributed by atoms with Gasteiger partial charge in [0.25, 0.3) is 5.91 Å². The van der Waals surface area contributed by atoms with Crippen molar-refractivity contribution in [3.63, 3.8) is 0 Å². The molecule has 2 aromatic rings. The zero-order chi connectivity index (χ0) is 22.8. The molecule has 1 amide bonds. The fourth-order valence-corrected chi connectivity index (χ4v) is 5.47. The van der Waals surface area contributed by atoms with Gasteiger partial charge in [0.15, 0.2) is 6.61 Å². The molecule has 0 fully saturated rings. The summed E-state index contributed by atoms with van der Waals surface area (Å²) >= 11 is 7.46. The molecule has 1 unspecified atom stereocenters. The number of rotatable bonds is 6. The molecule has 3 rings (SSSR count). The van der Waals surface area contributed by atoms with E-state index in [0.717, 1.165) is 30.4 Å². The van der Waals surface area contributed by atoms with Gasteiger partial charge >= 0.3 is 5.97 Å². The number of carbonyl (C=O) groups is 2. The average molecular weight is 464 g/mol. The maximum Gasteiger partial charge on any atom is 0.341 e. The molecule has 1 heterocycles. The number of thiophene rings is 1. The van der Waals surface area contributed by atoms with Gasteiger partial charge in [-0.25, -0.2) is 4.79 Å². The van der Waals surface area contributed by atoms with E-state index in [1.807, 2.05) is 6.92 Å². The van der Waals surface area contributed by atoms with Crippen molar-refractivity contribution in [1.82, 2.24) is 0 Å². The lowest BCUT2D eigenvalue weighted by Gasteiger charge is -2.33. The number of amides is 1. The van der Waals surface area contributed by atoms with Gasteiger partial charge < -0.3 is 14.8 Å².